The van der Waals surface area contributed by atoms with E-state index in [0.717, 1.165) is 51.0 Å². The molecular weight excluding hydrogens is 260 g/mol. The topological polar surface area (TPSA) is 32.3 Å². The summed E-state index contributed by atoms with van der Waals surface area (Å²) < 4.78 is 0. The number of carbonyl (C=O) groups excluding carboxylic acids is 1. The van der Waals surface area contributed by atoms with Crippen molar-refractivity contribution in [2.75, 3.05) is 26.2 Å². The van der Waals surface area contributed by atoms with Gasteiger partial charge in [0.15, 0.2) is 0 Å². The van der Waals surface area contributed by atoms with Gasteiger partial charge in [-0.1, -0.05) is 37.3 Å². The number of carbonyl (C=O) groups is 1. The summed E-state index contributed by atoms with van der Waals surface area (Å²) in [6, 6.07) is 10.2. The molecule has 0 aliphatic carbocycles. The molecule has 2 aliphatic heterocycles. The van der Waals surface area contributed by atoms with Crippen LogP contribution in [0.2, 0.25) is 0 Å². The molecule has 2 saturated heterocycles. The van der Waals surface area contributed by atoms with Gasteiger partial charge in [0, 0.05) is 19.6 Å². The Hall–Kier alpha value is -1.35. The molecule has 2 heterocycles. The number of piperidine rings is 1. The molecule has 3 rings (SSSR count). The van der Waals surface area contributed by atoms with Crippen molar-refractivity contribution in [3.05, 3.63) is 35.9 Å². The number of hydrogen-bond acceptors (Lipinski definition) is 2. The van der Waals surface area contributed by atoms with E-state index >= 15 is 0 Å². The number of benzene rings is 1. The van der Waals surface area contributed by atoms with Crippen LogP contribution < -0.4 is 5.32 Å². The first-order valence-electron chi connectivity index (χ1n) is 8.28. The van der Waals surface area contributed by atoms with Crippen molar-refractivity contribution < 1.29 is 4.79 Å². The Morgan fingerprint density at radius 1 is 1.24 bits per heavy atom. The first kappa shape index (κ1) is 14.6. The predicted octanol–water partition coefficient (Wildman–Crippen LogP) is 2.78. The molecule has 0 radical (unpaired) electrons. The van der Waals surface area contributed by atoms with Crippen LogP contribution in [0.4, 0.5) is 0 Å². The summed E-state index contributed by atoms with van der Waals surface area (Å²) in [5.41, 5.74) is 1.64. The standard InChI is InChI=1S/C18H26N2O/c1-2-16(15-6-4-3-5-7-15)17(21)20-12-9-18(10-13-20)8-11-19-14-18/h3-7,16,19H,2,8-14H2,1H3. The number of likely N-dealkylation sites (tertiary alicyclic amines) is 1. The Bertz CT molecular complexity index is 469. The Labute approximate surface area is 127 Å². The summed E-state index contributed by atoms with van der Waals surface area (Å²) in [5.74, 6) is 0.353. The van der Waals surface area contributed by atoms with Crippen molar-refractivity contribution in [1.29, 1.82) is 0 Å². The minimum Gasteiger partial charge on any atom is -0.342 e. The molecule has 2 fully saturated rings. The second-order valence-electron chi connectivity index (χ2n) is 6.62. The van der Waals surface area contributed by atoms with Gasteiger partial charge in [0.05, 0.1) is 5.92 Å². The quantitative estimate of drug-likeness (QED) is 0.926. The molecule has 0 bridgehead atoms. The van der Waals surface area contributed by atoms with Gasteiger partial charge in [-0.15, -0.1) is 0 Å². The van der Waals surface area contributed by atoms with Gasteiger partial charge in [-0.05, 0) is 43.2 Å². The van der Waals surface area contributed by atoms with Crippen molar-refractivity contribution in [3.63, 3.8) is 0 Å². The molecule has 0 saturated carbocycles. The molecule has 1 N–H and O–H groups in total. The molecule has 1 aromatic rings. The highest BCUT2D eigenvalue weighted by Gasteiger charge is 2.39. The maximum atomic E-state index is 12.8. The van der Waals surface area contributed by atoms with Crippen LogP contribution in [0.15, 0.2) is 30.3 Å². The molecule has 0 aromatic heterocycles. The monoisotopic (exact) mass is 286 g/mol. The van der Waals surface area contributed by atoms with Gasteiger partial charge in [0.1, 0.15) is 0 Å². The van der Waals surface area contributed by atoms with Crippen LogP contribution >= 0.6 is 0 Å². The highest BCUT2D eigenvalue weighted by molar-refractivity contribution is 5.83. The fraction of sp³-hybridized carbons (Fsp3) is 0.611. The largest absolute Gasteiger partial charge is 0.342 e. The molecule has 114 valence electrons. The SMILES string of the molecule is CCC(C(=O)N1CCC2(CCNC2)CC1)c1ccccc1. The third-order valence-electron chi connectivity index (χ3n) is 5.38. The van der Waals surface area contributed by atoms with Crippen molar-refractivity contribution in [1.82, 2.24) is 10.2 Å². The molecular formula is C18H26N2O. The van der Waals surface area contributed by atoms with E-state index in [2.05, 4.69) is 29.3 Å². The Kier molecular flexibility index (Phi) is 4.29. The van der Waals surface area contributed by atoms with E-state index < -0.39 is 0 Å². The Morgan fingerprint density at radius 3 is 2.52 bits per heavy atom. The lowest BCUT2D eigenvalue weighted by atomic mass is 9.77. The molecule has 21 heavy (non-hydrogen) atoms. The van der Waals surface area contributed by atoms with Gasteiger partial charge >= 0.3 is 0 Å². The molecule has 1 spiro atoms. The van der Waals surface area contributed by atoms with Crippen LogP contribution in [0.5, 0.6) is 0 Å². The average Bonchev–Trinajstić information content (AvgIpc) is 2.98. The van der Waals surface area contributed by atoms with Gasteiger partial charge in [0.2, 0.25) is 5.91 Å². The van der Waals surface area contributed by atoms with Crippen molar-refractivity contribution in [2.24, 2.45) is 5.41 Å². The highest BCUT2D eigenvalue weighted by Crippen LogP contribution is 2.37. The average molecular weight is 286 g/mol. The van der Waals surface area contributed by atoms with E-state index in [1.807, 2.05) is 18.2 Å². The summed E-state index contributed by atoms with van der Waals surface area (Å²) in [5, 5.41) is 3.48. The van der Waals surface area contributed by atoms with Crippen LogP contribution in [-0.2, 0) is 4.79 Å². The minimum atomic E-state index is 0.0296. The smallest absolute Gasteiger partial charge is 0.230 e. The molecule has 3 nitrogen and oxygen atoms in total. The van der Waals surface area contributed by atoms with Crippen LogP contribution in [0, 0.1) is 5.41 Å². The molecule has 3 heteroatoms. The summed E-state index contributed by atoms with van der Waals surface area (Å²) >= 11 is 0. The van der Waals surface area contributed by atoms with Crippen LogP contribution in [0.3, 0.4) is 0 Å². The maximum Gasteiger partial charge on any atom is 0.230 e. The van der Waals surface area contributed by atoms with E-state index in [-0.39, 0.29) is 5.92 Å². The summed E-state index contributed by atoms with van der Waals surface area (Å²) in [7, 11) is 0. The minimum absolute atomic E-state index is 0.0296. The lowest BCUT2D eigenvalue weighted by Crippen LogP contribution is -2.45. The van der Waals surface area contributed by atoms with Crippen LogP contribution in [0.1, 0.15) is 44.1 Å². The maximum absolute atomic E-state index is 12.8. The first-order chi connectivity index (χ1) is 10.2. The van der Waals surface area contributed by atoms with Gasteiger partial charge in [0.25, 0.3) is 0 Å². The third kappa shape index (κ3) is 2.98. The molecule has 2 aliphatic rings. The van der Waals surface area contributed by atoms with Crippen molar-refractivity contribution in [3.8, 4) is 0 Å². The van der Waals surface area contributed by atoms with Gasteiger partial charge in [-0.25, -0.2) is 0 Å². The van der Waals surface area contributed by atoms with Crippen LogP contribution in [0.25, 0.3) is 0 Å². The van der Waals surface area contributed by atoms with E-state index in [4.69, 9.17) is 0 Å². The first-order valence-corrected chi connectivity index (χ1v) is 8.28. The summed E-state index contributed by atoms with van der Waals surface area (Å²) in [6.45, 7) is 6.27. The van der Waals surface area contributed by atoms with Crippen molar-refractivity contribution in [2.45, 2.75) is 38.5 Å². The number of nitrogens with one attached hydrogen (secondary N) is 1. The van der Waals surface area contributed by atoms with E-state index in [0.29, 0.717) is 11.3 Å². The summed E-state index contributed by atoms with van der Waals surface area (Å²) in [6.07, 6.45) is 4.49. The third-order valence-corrected chi connectivity index (χ3v) is 5.38. The lowest BCUT2D eigenvalue weighted by molar-refractivity contribution is -0.135. The molecule has 1 unspecified atom stereocenters. The zero-order chi connectivity index (χ0) is 14.7. The number of hydrogen-bond donors (Lipinski definition) is 1. The zero-order valence-corrected chi connectivity index (χ0v) is 13.0. The Morgan fingerprint density at radius 2 is 1.95 bits per heavy atom. The van der Waals surface area contributed by atoms with Crippen LogP contribution in [-0.4, -0.2) is 37.0 Å². The lowest BCUT2D eigenvalue weighted by Gasteiger charge is -2.40. The highest BCUT2D eigenvalue weighted by atomic mass is 16.2. The van der Waals surface area contributed by atoms with E-state index in [1.165, 1.54) is 6.42 Å². The van der Waals surface area contributed by atoms with E-state index in [1.54, 1.807) is 0 Å². The van der Waals surface area contributed by atoms with Gasteiger partial charge in [-0.3, -0.25) is 4.79 Å². The fourth-order valence-corrected chi connectivity index (χ4v) is 3.88. The molecule has 1 aromatic carbocycles. The normalized spacial score (nSPS) is 22.4. The fourth-order valence-electron chi connectivity index (χ4n) is 3.88. The van der Waals surface area contributed by atoms with Crippen molar-refractivity contribution >= 4 is 5.91 Å². The second kappa shape index (κ2) is 6.18. The number of nitrogens with zero attached hydrogens (tertiary/aromatic N) is 1. The zero-order valence-electron chi connectivity index (χ0n) is 13.0. The predicted molar refractivity (Wildman–Crippen MR) is 85.2 cm³/mol. The van der Waals surface area contributed by atoms with Gasteiger partial charge < -0.3 is 10.2 Å². The Balaban J connectivity index is 1.65. The summed E-state index contributed by atoms with van der Waals surface area (Å²) in [4.78, 5) is 14.9. The van der Waals surface area contributed by atoms with E-state index in [9.17, 15) is 4.79 Å². The number of amides is 1. The molecule has 1 amide bonds. The molecule has 1 atom stereocenters. The number of rotatable bonds is 3. The van der Waals surface area contributed by atoms with Gasteiger partial charge in [-0.2, -0.15) is 0 Å². The second-order valence-corrected chi connectivity index (χ2v) is 6.62.